The normalized spacial score (nSPS) is 54.8. The number of aliphatic hydroxyl groups excluding tert-OH is 12. The van der Waals surface area contributed by atoms with Gasteiger partial charge in [-0.3, -0.25) is 10.1 Å². The molecule has 0 spiro atoms. The van der Waals surface area contributed by atoms with Crippen LogP contribution in [-0.4, -0.2) is 204 Å². The van der Waals surface area contributed by atoms with Gasteiger partial charge in [-0.1, -0.05) is 39.3 Å². The molecule has 13 N–H and O–H groups in total. The van der Waals surface area contributed by atoms with Gasteiger partial charge in [-0.25, -0.2) is 4.89 Å². The summed E-state index contributed by atoms with van der Waals surface area (Å²) in [7, 11) is 1.35. The van der Waals surface area contributed by atoms with Gasteiger partial charge in [0, 0.05) is 23.4 Å². The Morgan fingerprint density at radius 1 is 0.768 bits per heavy atom. The number of carbonyl (C=O) groups excluding carboxylic acids is 1. The molecule has 0 amide bonds. The molecule has 69 heavy (non-hydrogen) atoms. The second kappa shape index (κ2) is 19.3. The average molecular weight is 989 g/mol. The van der Waals surface area contributed by atoms with E-state index in [9.17, 15) is 71.3 Å². The van der Waals surface area contributed by atoms with Crippen molar-refractivity contribution in [2.45, 2.75) is 197 Å². The van der Waals surface area contributed by atoms with Crippen LogP contribution in [0.3, 0.4) is 0 Å². The molecule has 0 bridgehead atoms. The fourth-order valence-electron chi connectivity index (χ4n) is 16.3. The van der Waals surface area contributed by atoms with Crippen LogP contribution in [0.25, 0.3) is 0 Å². The Labute approximate surface area is 403 Å². The van der Waals surface area contributed by atoms with Crippen LogP contribution in [0.4, 0.5) is 0 Å². The lowest BCUT2D eigenvalue weighted by Crippen LogP contribution is -2.70. The number of hydrogen-bond acceptors (Lipinski definition) is 20. The Morgan fingerprint density at radius 2 is 1.45 bits per heavy atom. The molecule has 2 aliphatic heterocycles. The number of methoxy groups -OCH3 is 1. The summed E-state index contributed by atoms with van der Waals surface area (Å²) in [5, 5.41) is 142. The van der Waals surface area contributed by atoms with Gasteiger partial charge in [-0.05, 0) is 105 Å². The van der Waals surface area contributed by atoms with Crippen molar-refractivity contribution in [3.63, 3.8) is 0 Å². The standard InChI is InChI=1S/C49H80O20/c1-44(43(62)64-6)11-13-49(41(69-63)38-37(61)36(60)34(58)28(19-51)67-38)14-12-47(4)23(24(49)16-44)7-8-30-45(2)17-25(53)40(46(3,21-52)29(45)9-10-48(30,47)5)68-42-39(32(56)26(54)20-65-42)66-27-15-22(18-50)31(55)35(59)33(27)57/h7,22,24-42,50-61,63H,8-21H2,1-6H3. The minimum atomic E-state index is -1.71. The summed E-state index contributed by atoms with van der Waals surface area (Å²) in [5.41, 5.74) is -3.50. The van der Waals surface area contributed by atoms with Gasteiger partial charge in [0.15, 0.2) is 6.29 Å². The molecule has 2 heterocycles. The molecule has 396 valence electrons. The van der Waals surface area contributed by atoms with Crippen molar-refractivity contribution in [3.05, 3.63) is 11.6 Å². The lowest BCUT2D eigenvalue weighted by molar-refractivity contribution is -0.366. The maximum Gasteiger partial charge on any atom is 0.311 e. The van der Waals surface area contributed by atoms with Crippen molar-refractivity contribution in [2.75, 3.05) is 33.5 Å². The number of aliphatic hydroxyl groups is 12. The fourth-order valence-corrected chi connectivity index (χ4v) is 16.3. The third kappa shape index (κ3) is 8.12. The van der Waals surface area contributed by atoms with Crippen molar-refractivity contribution >= 4 is 5.97 Å². The molecule has 8 aliphatic rings. The Balaban J connectivity index is 1.11. The molecule has 0 aromatic heterocycles. The van der Waals surface area contributed by atoms with Crippen LogP contribution in [0.15, 0.2) is 11.6 Å². The Hall–Kier alpha value is -1.51. The van der Waals surface area contributed by atoms with Crippen LogP contribution in [0.1, 0.15) is 98.8 Å². The van der Waals surface area contributed by atoms with Gasteiger partial charge in [0.1, 0.15) is 67.1 Å². The monoisotopic (exact) mass is 989 g/mol. The summed E-state index contributed by atoms with van der Waals surface area (Å²) in [5.74, 6) is -1.98. The molecule has 0 aromatic carbocycles. The largest absolute Gasteiger partial charge is 0.469 e. The molecule has 2 saturated heterocycles. The summed E-state index contributed by atoms with van der Waals surface area (Å²) < 4.78 is 30.2. The van der Waals surface area contributed by atoms with Crippen LogP contribution in [0, 0.1) is 56.2 Å². The van der Waals surface area contributed by atoms with E-state index in [0.29, 0.717) is 51.4 Å². The van der Waals surface area contributed by atoms with Crippen molar-refractivity contribution in [3.8, 4) is 0 Å². The molecular formula is C49H80O20. The van der Waals surface area contributed by atoms with E-state index < -0.39 is 162 Å². The molecule has 26 unspecified atom stereocenters. The summed E-state index contributed by atoms with van der Waals surface area (Å²) >= 11 is 0. The topological polar surface area (TPSA) is 335 Å². The van der Waals surface area contributed by atoms with E-state index in [2.05, 4.69) is 26.8 Å². The number of hydrogen-bond donors (Lipinski definition) is 13. The van der Waals surface area contributed by atoms with Crippen LogP contribution in [-0.2, 0) is 33.4 Å². The molecule has 5 saturated carbocycles. The van der Waals surface area contributed by atoms with E-state index in [1.807, 2.05) is 13.8 Å². The van der Waals surface area contributed by atoms with Crippen molar-refractivity contribution in [1.29, 1.82) is 0 Å². The zero-order valence-corrected chi connectivity index (χ0v) is 40.7. The van der Waals surface area contributed by atoms with Gasteiger partial charge in [0.2, 0.25) is 0 Å². The van der Waals surface area contributed by atoms with Crippen LogP contribution >= 0.6 is 0 Å². The third-order valence-electron chi connectivity index (χ3n) is 20.5. The quantitative estimate of drug-likeness (QED) is 0.0384. The molecule has 8 rings (SSSR count). The first kappa shape index (κ1) is 53.8. The Bertz CT molecular complexity index is 1870. The van der Waals surface area contributed by atoms with Gasteiger partial charge in [0.05, 0.1) is 56.8 Å². The summed E-state index contributed by atoms with van der Waals surface area (Å²) in [6.07, 6.45) is -16.7. The number of fused-ring (bicyclic) bond motifs is 7. The van der Waals surface area contributed by atoms with Gasteiger partial charge < -0.3 is 85.0 Å². The highest BCUT2D eigenvalue weighted by atomic mass is 17.1. The minimum absolute atomic E-state index is 0.0644. The average Bonchev–Trinajstić information content (AvgIpc) is 3.32. The first-order valence-corrected chi connectivity index (χ1v) is 25.0. The third-order valence-corrected chi connectivity index (χ3v) is 20.5. The SMILES string of the molecule is COC(=O)C1(C)CCC2(C(OO)C3OC(CO)C(O)C(O)C3O)CCC3(C)C(=CCC4C5(C)CC(O)C(OC6OCC(O)C(O)C6OC6CC(CO)C(O)C(O)C6O)C(C)(CO)C5CCC43C)C2C1. The zero-order chi connectivity index (χ0) is 50.6. The molecule has 26 atom stereocenters. The van der Waals surface area contributed by atoms with Crippen molar-refractivity contribution < 1.29 is 99.9 Å². The van der Waals surface area contributed by atoms with Crippen LogP contribution in [0.2, 0.25) is 0 Å². The van der Waals surface area contributed by atoms with E-state index in [0.717, 1.165) is 5.57 Å². The maximum atomic E-state index is 13.6. The lowest BCUT2D eigenvalue weighted by atomic mass is 9.33. The summed E-state index contributed by atoms with van der Waals surface area (Å²) in [6, 6.07) is 0. The predicted molar refractivity (Wildman–Crippen MR) is 238 cm³/mol. The molecule has 6 aliphatic carbocycles. The van der Waals surface area contributed by atoms with E-state index in [-0.39, 0.29) is 37.3 Å². The Kier molecular flexibility index (Phi) is 15.1. The summed E-state index contributed by atoms with van der Waals surface area (Å²) in [4.78, 5) is 19.0. The number of rotatable bonds is 11. The Morgan fingerprint density at radius 3 is 2.09 bits per heavy atom. The van der Waals surface area contributed by atoms with Gasteiger partial charge >= 0.3 is 5.97 Å². The van der Waals surface area contributed by atoms with E-state index in [1.54, 1.807) is 0 Å². The number of carbonyl (C=O) groups is 1. The second-order valence-corrected chi connectivity index (χ2v) is 23.7. The molecular weight excluding hydrogens is 909 g/mol. The molecule has 0 aromatic rings. The highest BCUT2D eigenvalue weighted by Crippen LogP contribution is 2.76. The zero-order valence-electron chi connectivity index (χ0n) is 40.7. The summed E-state index contributed by atoms with van der Waals surface area (Å²) in [6.45, 7) is 8.49. The highest BCUT2D eigenvalue weighted by molar-refractivity contribution is 5.76. The number of esters is 1. The molecule has 0 radical (unpaired) electrons. The van der Waals surface area contributed by atoms with Crippen molar-refractivity contribution in [1.82, 2.24) is 0 Å². The smallest absolute Gasteiger partial charge is 0.311 e. The molecule has 20 nitrogen and oxygen atoms in total. The van der Waals surface area contributed by atoms with E-state index in [1.165, 1.54) is 7.11 Å². The number of allylic oxidation sites excluding steroid dienone is 2. The van der Waals surface area contributed by atoms with Crippen LogP contribution in [0.5, 0.6) is 0 Å². The van der Waals surface area contributed by atoms with Crippen LogP contribution < -0.4 is 0 Å². The molecule has 20 heteroatoms. The van der Waals surface area contributed by atoms with Gasteiger partial charge in [-0.2, -0.15) is 0 Å². The molecule has 7 fully saturated rings. The first-order chi connectivity index (χ1) is 32.4. The highest BCUT2D eigenvalue weighted by Gasteiger charge is 2.72. The first-order valence-electron chi connectivity index (χ1n) is 25.0. The second-order valence-electron chi connectivity index (χ2n) is 23.7. The number of ether oxygens (including phenoxy) is 5. The van der Waals surface area contributed by atoms with Gasteiger partial charge in [0.25, 0.3) is 0 Å². The minimum Gasteiger partial charge on any atom is -0.469 e. The van der Waals surface area contributed by atoms with E-state index in [4.69, 9.17) is 28.6 Å². The van der Waals surface area contributed by atoms with Gasteiger partial charge in [-0.15, -0.1) is 0 Å². The lowest BCUT2D eigenvalue weighted by Gasteiger charge is -2.72. The predicted octanol–water partition coefficient (Wildman–Crippen LogP) is -1.10. The van der Waals surface area contributed by atoms with E-state index >= 15 is 0 Å². The maximum absolute atomic E-state index is 13.6. The fraction of sp³-hybridized carbons (Fsp3) is 0.939. The van der Waals surface area contributed by atoms with Crippen molar-refractivity contribution in [2.24, 2.45) is 56.2 Å².